The number of sulfonamides is 1. The molecule has 0 aliphatic carbocycles. The van der Waals surface area contributed by atoms with Gasteiger partial charge in [0, 0.05) is 23.7 Å². The van der Waals surface area contributed by atoms with Crippen LogP contribution in [0.1, 0.15) is 11.1 Å². The number of hydrogen-bond acceptors (Lipinski definition) is 5. The molecule has 0 atom stereocenters. The van der Waals surface area contributed by atoms with Gasteiger partial charge in [-0.1, -0.05) is 78.5 Å². The van der Waals surface area contributed by atoms with Gasteiger partial charge in [0.15, 0.2) is 0 Å². The van der Waals surface area contributed by atoms with Crippen molar-refractivity contribution < 1.29 is 8.42 Å². The SMILES string of the molecule is NS(=O)(=O)c1cc(CNc2ccccc2)cc(NCc2ccccc2)c1Sc1ccccc1. The van der Waals surface area contributed by atoms with Gasteiger partial charge in [0.25, 0.3) is 0 Å². The van der Waals surface area contributed by atoms with E-state index in [4.69, 9.17) is 5.14 Å². The zero-order valence-electron chi connectivity index (χ0n) is 17.9. The van der Waals surface area contributed by atoms with Crippen molar-refractivity contribution in [2.75, 3.05) is 10.6 Å². The summed E-state index contributed by atoms with van der Waals surface area (Å²) < 4.78 is 25.2. The van der Waals surface area contributed by atoms with Crippen LogP contribution in [0.3, 0.4) is 0 Å². The van der Waals surface area contributed by atoms with Gasteiger partial charge in [-0.05, 0) is 47.5 Å². The lowest BCUT2D eigenvalue weighted by Gasteiger charge is -2.18. The molecule has 4 rings (SSSR count). The first kappa shape index (κ1) is 22.9. The molecule has 4 aromatic rings. The first-order chi connectivity index (χ1) is 16.0. The first-order valence-corrected chi connectivity index (χ1v) is 12.8. The van der Waals surface area contributed by atoms with Crippen molar-refractivity contribution in [2.24, 2.45) is 5.14 Å². The minimum atomic E-state index is -3.95. The lowest BCUT2D eigenvalue weighted by molar-refractivity contribution is 0.595. The van der Waals surface area contributed by atoms with Crippen molar-refractivity contribution in [1.82, 2.24) is 0 Å². The maximum absolute atomic E-state index is 12.6. The summed E-state index contributed by atoms with van der Waals surface area (Å²) >= 11 is 1.38. The third kappa shape index (κ3) is 6.38. The molecule has 0 bridgehead atoms. The van der Waals surface area contributed by atoms with Crippen LogP contribution in [0, 0.1) is 0 Å². The summed E-state index contributed by atoms with van der Waals surface area (Å²) in [6, 6.07) is 33.1. The number of para-hydroxylation sites is 1. The van der Waals surface area contributed by atoms with E-state index < -0.39 is 10.0 Å². The quantitative estimate of drug-likeness (QED) is 0.289. The van der Waals surface area contributed by atoms with E-state index in [2.05, 4.69) is 10.6 Å². The van der Waals surface area contributed by atoms with Gasteiger partial charge >= 0.3 is 0 Å². The Morgan fingerprint density at radius 1 is 0.697 bits per heavy atom. The fourth-order valence-electron chi connectivity index (χ4n) is 3.37. The van der Waals surface area contributed by atoms with E-state index in [0.29, 0.717) is 18.0 Å². The monoisotopic (exact) mass is 475 g/mol. The summed E-state index contributed by atoms with van der Waals surface area (Å²) in [5.74, 6) is 0. The van der Waals surface area contributed by atoms with Gasteiger partial charge in [0.1, 0.15) is 0 Å². The second-order valence-corrected chi connectivity index (χ2v) is 10.1. The topological polar surface area (TPSA) is 84.2 Å². The summed E-state index contributed by atoms with van der Waals surface area (Å²) in [5, 5.41) is 12.4. The lowest BCUT2D eigenvalue weighted by atomic mass is 10.1. The van der Waals surface area contributed by atoms with Gasteiger partial charge in [-0.3, -0.25) is 0 Å². The van der Waals surface area contributed by atoms with Crippen LogP contribution in [0.5, 0.6) is 0 Å². The Kier molecular flexibility index (Phi) is 7.34. The van der Waals surface area contributed by atoms with Crippen LogP contribution in [0.15, 0.2) is 118 Å². The Morgan fingerprint density at radius 2 is 1.27 bits per heavy atom. The largest absolute Gasteiger partial charge is 0.381 e. The van der Waals surface area contributed by atoms with Crippen LogP contribution >= 0.6 is 11.8 Å². The maximum atomic E-state index is 12.6. The van der Waals surface area contributed by atoms with Crippen LogP contribution in [-0.4, -0.2) is 8.42 Å². The smallest absolute Gasteiger partial charge is 0.239 e. The molecule has 0 spiro atoms. The Bertz CT molecular complexity index is 1300. The molecule has 0 fully saturated rings. The highest BCUT2D eigenvalue weighted by Crippen LogP contribution is 2.39. The molecule has 33 heavy (non-hydrogen) atoms. The van der Waals surface area contributed by atoms with Crippen molar-refractivity contribution in [2.45, 2.75) is 27.8 Å². The Hall–Kier alpha value is -3.26. The molecule has 0 unspecified atom stereocenters. The molecule has 5 nitrogen and oxygen atoms in total. The molecule has 0 saturated heterocycles. The average Bonchev–Trinajstić information content (AvgIpc) is 2.83. The van der Waals surface area contributed by atoms with Gasteiger partial charge in [-0.15, -0.1) is 0 Å². The zero-order chi connectivity index (χ0) is 23.1. The maximum Gasteiger partial charge on any atom is 0.239 e. The summed E-state index contributed by atoms with van der Waals surface area (Å²) in [7, 11) is -3.95. The number of benzene rings is 4. The predicted molar refractivity (Wildman–Crippen MR) is 136 cm³/mol. The molecule has 168 valence electrons. The molecule has 0 amide bonds. The third-order valence-electron chi connectivity index (χ3n) is 4.98. The second-order valence-electron chi connectivity index (χ2n) is 7.49. The third-order valence-corrected chi connectivity index (χ3v) is 7.20. The van der Waals surface area contributed by atoms with Gasteiger partial charge in [-0.2, -0.15) is 0 Å². The molecule has 7 heteroatoms. The number of primary sulfonamides is 1. The predicted octanol–water partition coefficient (Wildman–Crippen LogP) is 5.71. The van der Waals surface area contributed by atoms with E-state index in [1.165, 1.54) is 11.8 Å². The minimum absolute atomic E-state index is 0.110. The van der Waals surface area contributed by atoms with Gasteiger partial charge in [0.2, 0.25) is 10.0 Å². The van der Waals surface area contributed by atoms with Crippen LogP contribution in [-0.2, 0) is 23.1 Å². The molecule has 0 radical (unpaired) electrons. The van der Waals surface area contributed by atoms with E-state index >= 15 is 0 Å². The standard InChI is InChI=1S/C26H25N3O2S2/c27-33(30,31)25-17-21(19-28-22-12-6-2-7-13-22)16-24(29-18-20-10-4-1-5-11-20)26(25)32-23-14-8-3-9-15-23/h1-17,28-29H,18-19H2,(H2,27,30,31). The van der Waals surface area contributed by atoms with Crippen LogP contribution in [0.2, 0.25) is 0 Å². The molecule has 0 saturated carbocycles. The highest BCUT2D eigenvalue weighted by Gasteiger charge is 2.20. The van der Waals surface area contributed by atoms with Gasteiger partial charge in [0.05, 0.1) is 15.5 Å². The molecule has 0 heterocycles. The average molecular weight is 476 g/mol. The van der Waals surface area contributed by atoms with Crippen molar-refractivity contribution in [3.05, 3.63) is 114 Å². The van der Waals surface area contributed by atoms with Crippen molar-refractivity contribution in [3.8, 4) is 0 Å². The Morgan fingerprint density at radius 3 is 1.91 bits per heavy atom. The van der Waals surface area contributed by atoms with Crippen molar-refractivity contribution >= 4 is 33.2 Å². The number of nitrogens with one attached hydrogen (secondary N) is 2. The second kappa shape index (κ2) is 10.6. The normalized spacial score (nSPS) is 11.2. The Balaban J connectivity index is 1.72. The van der Waals surface area contributed by atoms with Gasteiger partial charge < -0.3 is 10.6 Å². The van der Waals surface area contributed by atoms with Crippen molar-refractivity contribution in [1.29, 1.82) is 0 Å². The highest BCUT2D eigenvalue weighted by atomic mass is 32.2. The van der Waals surface area contributed by atoms with Crippen LogP contribution in [0.25, 0.3) is 0 Å². The van der Waals surface area contributed by atoms with Crippen LogP contribution < -0.4 is 15.8 Å². The fourth-order valence-corrected chi connectivity index (χ4v) is 5.46. The highest BCUT2D eigenvalue weighted by molar-refractivity contribution is 8.00. The number of anilines is 2. The van der Waals surface area contributed by atoms with E-state index in [0.717, 1.165) is 27.4 Å². The molecule has 0 aliphatic heterocycles. The van der Waals surface area contributed by atoms with Gasteiger partial charge in [-0.25, -0.2) is 13.6 Å². The number of hydrogen-bond donors (Lipinski definition) is 3. The molecule has 0 aliphatic rings. The van der Waals surface area contributed by atoms with E-state index in [1.807, 2.05) is 97.1 Å². The van der Waals surface area contributed by atoms with E-state index in [1.54, 1.807) is 6.07 Å². The van der Waals surface area contributed by atoms with E-state index in [-0.39, 0.29) is 4.90 Å². The number of rotatable bonds is 9. The summed E-state index contributed by atoms with van der Waals surface area (Å²) in [5.41, 5.74) is 3.59. The molecular formula is C26H25N3O2S2. The molecule has 0 aromatic heterocycles. The van der Waals surface area contributed by atoms with E-state index in [9.17, 15) is 8.42 Å². The summed E-state index contributed by atoms with van der Waals surface area (Å²) in [6.45, 7) is 1.02. The summed E-state index contributed by atoms with van der Waals surface area (Å²) in [6.07, 6.45) is 0. The Labute approximate surface area is 199 Å². The number of nitrogens with two attached hydrogens (primary N) is 1. The lowest BCUT2D eigenvalue weighted by Crippen LogP contribution is -2.16. The first-order valence-electron chi connectivity index (χ1n) is 10.5. The molecular weight excluding hydrogens is 450 g/mol. The summed E-state index contributed by atoms with van der Waals surface area (Å²) in [4.78, 5) is 1.63. The molecule has 4 N–H and O–H groups in total. The van der Waals surface area contributed by atoms with Crippen LogP contribution in [0.4, 0.5) is 11.4 Å². The zero-order valence-corrected chi connectivity index (χ0v) is 19.6. The molecule has 4 aromatic carbocycles. The minimum Gasteiger partial charge on any atom is -0.381 e. The fraction of sp³-hybridized carbons (Fsp3) is 0.0769. The van der Waals surface area contributed by atoms with Crippen molar-refractivity contribution in [3.63, 3.8) is 0 Å².